The molecule has 2 nitrogen and oxygen atoms in total. The lowest BCUT2D eigenvalue weighted by Gasteiger charge is -2.39. The van der Waals surface area contributed by atoms with Crippen molar-refractivity contribution in [1.82, 2.24) is 0 Å². The first-order valence-corrected chi connectivity index (χ1v) is 13.0. The fourth-order valence-electron chi connectivity index (χ4n) is 3.55. The maximum Gasteiger partial charge on any atom is 0.186 e. The predicted molar refractivity (Wildman–Crippen MR) is 106 cm³/mol. The second kappa shape index (κ2) is 11.6. The summed E-state index contributed by atoms with van der Waals surface area (Å²) in [5, 5.41) is 0. The summed E-state index contributed by atoms with van der Waals surface area (Å²) in [6.45, 7) is 21.1. The van der Waals surface area contributed by atoms with Crippen molar-refractivity contribution in [2.24, 2.45) is 17.3 Å². The molecular formula is C20H44O2Si. The van der Waals surface area contributed by atoms with Gasteiger partial charge in [-0.3, -0.25) is 0 Å². The van der Waals surface area contributed by atoms with Crippen molar-refractivity contribution in [3.05, 3.63) is 0 Å². The molecule has 0 aliphatic rings. The van der Waals surface area contributed by atoms with Gasteiger partial charge in [0.25, 0.3) is 0 Å². The third-order valence-electron chi connectivity index (χ3n) is 4.34. The molecule has 0 atom stereocenters. The van der Waals surface area contributed by atoms with Gasteiger partial charge >= 0.3 is 0 Å². The highest BCUT2D eigenvalue weighted by Gasteiger charge is 2.35. The Morgan fingerprint density at radius 1 is 0.870 bits per heavy atom. The first-order chi connectivity index (χ1) is 10.7. The molecule has 0 rings (SSSR count). The molecule has 0 saturated carbocycles. The van der Waals surface area contributed by atoms with Crippen LogP contribution in [-0.4, -0.2) is 28.1 Å². The van der Waals surface area contributed by atoms with E-state index in [0.717, 1.165) is 26.2 Å². The second-order valence-electron chi connectivity index (χ2n) is 8.90. The van der Waals surface area contributed by atoms with E-state index in [1.807, 2.05) is 0 Å². The van der Waals surface area contributed by atoms with E-state index in [0.29, 0.717) is 11.8 Å². The standard InChI is InChI=1S/C20H44O2Si/c1-9-11-13-23(7,8)22-17-20(14-18(3)4,15-19(5)6)16-21-12-10-2/h18-19H,9-17H2,1-8H3. The average Bonchev–Trinajstić information content (AvgIpc) is 2.42. The van der Waals surface area contributed by atoms with E-state index in [1.54, 1.807) is 0 Å². The Morgan fingerprint density at radius 2 is 1.43 bits per heavy atom. The molecule has 0 unspecified atom stereocenters. The van der Waals surface area contributed by atoms with Crippen LogP contribution < -0.4 is 0 Å². The molecule has 0 spiro atoms. The van der Waals surface area contributed by atoms with E-state index in [1.165, 1.54) is 31.7 Å². The molecule has 0 saturated heterocycles. The van der Waals surface area contributed by atoms with Gasteiger partial charge in [-0.15, -0.1) is 0 Å². The van der Waals surface area contributed by atoms with E-state index in [4.69, 9.17) is 9.16 Å². The first kappa shape index (κ1) is 23.1. The van der Waals surface area contributed by atoms with Gasteiger partial charge in [-0.05, 0) is 50.2 Å². The van der Waals surface area contributed by atoms with Gasteiger partial charge in [-0.1, -0.05) is 54.4 Å². The zero-order valence-electron chi connectivity index (χ0n) is 17.3. The highest BCUT2D eigenvalue weighted by Crippen LogP contribution is 2.36. The lowest BCUT2D eigenvalue weighted by atomic mass is 9.75. The summed E-state index contributed by atoms with van der Waals surface area (Å²) in [7, 11) is -1.54. The van der Waals surface area contributed by atoms with E-state index >= 15 is 0 Å². The summed E-state index contributed by atoms with van der Waals surface area (Å²) in [6.07, 6.45) is 6.06. The fraction of sp³-hybridized carbons (Fsp3) is 1.00. The van der Waals surface area contributed by atoms with Crippen LogP contribution in [0.5, 0.6) is 0 Å². The third-order valence-corrected chi connectivity index (χ3v) is 6.82. The fourth-order valence-corrected chi connectivity index (χ4v) is 5.60. The van der Waals surface area contributed by atoms with Crippen LogP contribution in [-0.2, 0) is 9.16 Å². The summed E-state index contributed by atoms with van der Waals surface area (Å²) in [4.78, 5) is 0. The monoisotopic (exact) mass is 344 g/mol. The van der Waals surface area contributed by atoms with Crippen LogP contribution in [0.25, 0.3) is 0 Å². The number of ether oxygens (including phenoxy) is 1. The van der Waals surface area contributed by atoms with Crippen LogP contribution in [0, 0.1) is 17.3 Å². The van der Waals surface area contributed by atoms with Crippen molar-refractivity contribution in [3.63, 3.8) is 0 Å². The van der Waals surface area contributed by atoms with Gasteiger partial charge in [0.15, 0.2) is 8.32 Å². The molecule has 140 valence electrons. The molecule has 0 fully saturated rings. The summed E-state index contributed by atoms with van der Waals surface area (Å²) >= 11 is 0. The smallest absolute Gasteiger partial charge is 0.186 e. The van der Waals surface area contributed by atoms with Gasteiger partial charge < -0.3 is 9.16 Å². The molecular weight excluding hydrogens is 300 g/mol. The highest BCUT2D eigenvalue weighted by molar-refractivity contribution is 6.71. The van der Waals surface area contributed by atoms with Crippen molar-refractivity contribution in [2.75, 3.05) is 19.8 Å². The summed E-state index contributed by atoms with van der Waals surface area (Å²) in [5.41, 5.74) is 0.188. The Labute approximate surface area is 147 Å². The largest absolute Gasteiger partial charge is 0.417 e. The third kappa shape index (κ3) is 11.3. The maximum absolute atomic E-state index is 6.59. The molecule has 3 heteroatoms. The molecule has 0 aromatic carbocycles. The van der Waals surface area contributed by atoms with E-state index in [2.05, 4.69) is 54.6 Å². The summed E-state index contributed by atoms with van der Waals surface area (Å²) in [6, 6.07) is 1.28. The number of rotatable bonds is 14. The van der Waals surface area contributed by atoms with Crippen LogP contribution in [0.1, 0.15) is 73.6 Å². The van der Waals surface area contributed by atoms with Crippen molar-refractivity contribution in [1.29, 1.82) is 0 Å². The van der Waals surface area contributed by atoms with Gasteiger partial charge in [0.1, 0.15) is 0 Å². The number of hydrogen-bond acceptors (Lipinski definition) is 2. The number of hydrogen-bond donors (Lipinski definition) is 0. The molecule has 0 radical (unpaired) electrons. The topological polar surface area (TPSA) is 18.5 Å². The molecule has 0 heterocycles. The van der Waals surface area contributed by atoms with Gasteiger partial charge in [0, 0.05) is 18.6 Å². The SMILES string of the molecule is CCCC[Si](C)(C)OCC(COCCC)(CC(C)C)CC(C)C. The zero-order valence-corrected chi connectivity index (χ0v) is 18.3. The van der Waals surface area contributed by atoms with E-state index in [9.17, 15) is 0 Å². The average molecular weight is 345 g/mol. The lowest BCUT2D eigenvalue weighted by molar-refractivity contribution is -0.0141. The van der Waals surface area contributed by atoms with Gasteiger partial charge in [-0.25, -0.2) is 0 Å². The molecule has 0 aromatic rings. The normalized spacial score (nSPS) is 13.3. The lowest BCUT2D eigenvalue weighted by Crippen LogP contribution is -2.41. The van der Waals surface area contributed by atoms with Crippen molar-refractivity contribution < 1.29 is 9.16 Å². The van der Waals surface area contributed by atoms with E-state index < -0.39 is 8.32 Å². The van der Waals surface area contributed by atoms with Crippen LogP contribution in [0.3, 0.4) is 0 Å². The summed E-state index contributed by atoms with van der Waals surface area (Å²) < 4.78 is 12.6. The van der Waals surface area contributed by atoms with Gasteiger partial charge in [-0.2, -0.15) is 0 Å². The van der Waals surface area contributed by atoms with Crippen LogP contribution >= 0.6 is 0 Å². The molecule has 0 aliphatic carbocycles. The molecule has 0 amide bonds. The second-order valence-corrected chi connectivity index (χ2v) is 13.2. The Morgan fingerprint density at radius 3 is 1.87 bits per heavy atom. The Hall–Kier alpha value is 0.137. The minimum Gasteiger partial charge on any atom is -0.417 e. The maximum atomic E-state index is 6.59. The van der Waals surface area contributed by atoms with Gasteiger partial charge in [0.05, 0.1) is 6.61 Å². The minimum atomic E-state index is -1.54. The highest BCUT2D eigenvalue weighted by atomic mass is 28.4. The Balaban J connectivity index is 4.95. The Bertz CT molecular complexity index is 277. The first-order valence-electron chi connectivity index (χ1n) is 9.88. The number of unbranched alkanes of at least 4 members (excludes halogenated alkanes) is 1. The molecule has 0 N–H and O–H groups in total. The molecule has 23 heavy (non-hydrogen) atoms. The minimum absolute atomic E-state index is 0.188. The zero-order chi connectivity index (χ0) is 17.9. The van der Waals surface area contributed by atoms with Gasteiger partial charge in [0.2, 0.25) is 0 Å². The van der Waals surface area contributed by atoms with Crippen LogP contribution in [0.4, 0.5) is 0 Å². The molecule has 0 aromatic heterocycles. The van der Waals surface area contributed by atoms with Crippen molar-refractivity contribution in [2.45, 2.75) is 92.8 Å². The Kier molecular flexibility index (Phi) is 11.7. The van der Waals surface area contributed by atoms with Crippen LogP contribution in [0.15, 0.2) is 0 Å². The van der Waals surface area contributed by atoms with E-state index in [-0.39, 0.29) is 5.41 Å². The predicted octanol–water partition coefficient (Wildman–Crippen LogP) is 6.51. The molecule has 0 bridgehead atoms. The van der Waals surface area contributed by atoms with Crippen LogP contribution in [0.2, 0.25) is 19.1 Å². The van der Waals surface area contributed by atoms with Crippen molar-refractivity contribution in [3.8, 4) is 0 Å². The quantitative estimate of drug-likeness (QED) is 0.264. The molecule has 0 aliphatic heterocycles. The summed E-state index contributed by atoms with van der Waals surface area (Å²) in [5.74, 6) is 1.37. The van der Waals surface area contributed by atoms with Crippen molar-refractivity contribution >= 4 is 8.32 Å².